The fourth-order valence-electron chi connectivity index (χ4n) is 1.45. The van der Waals surface area contributed by atoms with Crippen molar-refractivity contribution >= 4 is 5.91 Å². The van der Waals surface area contributed by atoms with Gasteiger partial charge in [0.25, 0.3) is 0 Å². The molecule has 1 aliphatic heterocycles. The van der Waals surface area contributed by atoms with E-state index in [1.165, 1.54) is 5.57 Å². The molecule has 0 aromatic rings. The molecule has 0 bridgehead atoms. The molecule has 0 radical (unpaired) electrons. The third-order valence-corrected chi connectivity index (χ3v) is 2.56. The van der Waals surface area contributed by atoms with Crippen molar-refractivity contribution in [2.45, 2.75) is 39.7 Å². The second kappa shape index (κ2) is 4.79. The van der Waals surface area contributed by atoms with Crippen LogP contribution in [0.2, 0.25) is 0 Å². The van der Waals surface area contributed by atoms with Crippen molar-refractivity contribution in [3.05, 3.63) is 11.6 Å². The first-order chi connectivity index (χ1) is 6.88. The van der Waals surface area contributed by atoms with Crippen LogP contribution in [0.3, 0.4) is 0 Å². The zero-order chi connectivity index (χ0) is 11.5. The third-order valence-electron chi connectivity index (χ3n) is 2.56. The summed E-state index contributed by atoms with van der Waals surface area (Å²) in [5, 5.41) is 3.22. The van der Waals surface area contributed by atoms with Gasteiger partial charge in [-0.05, 0) is 34.1 Å². The second-order valence-corrected chi connectivity index (χ2v) is 5.24. The van der Waals surface area contributed by atoms with Gasteiger partial charge in [0.2, 0.25) is 5.91 Å². The Morgan fingerprint density at radius 2 is 2.20 bits per heavy atom. The molecule has 1 aliphatic rings. The Morgan fingerprint density at radius 1 is 1.53 bits per heavy atom. The maximum atomic E-state index is 11.8. The van der Waals surface area contributed by atoms with Crippen molar-refractivity contribution in [3.63, 3.8) is 0 Å². The lowest BCUT2D eigenvalue weighted by atomic mass is 10.1. The summed E-state index contributed by atoms with van der Waals surface area (Å²) >= 11 is 0. The van der Waals surface area contributed by atoms with E-state index in [1.54, 1.807) is 0 Å². The number of rotatable bonds is 2. The molecule has 3 heteroatoms. The minimum Gasteiger partial charge on any atom is -0.338 e. The molecule has 0 atom stereocenters. The van der Waals surface area contributed by atoms with Gasteiger partial charge >= 0.3 is 0 Å². The predicted octanol–water partition coefficient (Wildman–Crippen LogP) is 1.55. The first-order valence-electron chi connectivity index (χ1n) is 5.57. The Hall–Kier alpha value is -0.830. The van der Waals surface area contributed by atoms with Gasteiger partial charge in [-0.3, -0.25) is 4.79 Å². The van der Waals surface area contributed by atoms with Gasteiger partial charge in [0, 0.05) is 18.6 Å². The molecule has 0 saturated carbocycles. The quantitative estimate of drug-likeness (QED) is 0.701. The molecule has 1 rings (SSSR count). The van der Waals surface area contributed by atoms with Gasteiger partial charge in [-0.2, -0.15) is 0 Å². The molecule has 0 aromatic heterocycles. The summed E-state index contributed by atoms with van der Waals surface area (Å²) in [5.41, 5.74) is 1.40. The van der Waals surface area contributed by atoms with Crippen LogP contribution in [0, 0.1) is 0 Å². The monoisotopic (exact) mass is 210 g/mol. The van der Waals surface area contributed by atoms with Gasteiger partial charge in [-0.15, -0.1) is 0 Å². The SMILES string of the molecule is CC1=CCN(C(=O)CNC(C)(C)C)CC1. The molecule has 0 aromatic carbocycles. The fraction of sp³-hybridized carbons (Fsp3) is 0.750. The second-order valence-electron chi connectivity index (χ2n) is 5.24. The molecular weight excluding hydrogens is 188 g/mol. The summed E-state index contributed by atoms with van der Waals surface area (Å²) in [5.74, 6) is 0.202. The Bertz CT molecular complexity index is 263. The number of nitrogens with one attached hydrogen (secondary N) is 1. The highest BCUT2D eigenvalue weighted by molar-refractivity contribution is 5.78. The highest BCUT2D eigenvalue weighted by Gasteiger charge is 2.17. The lowest BCUT2D eigenvalue weighted by Gasteiger charge is -2.28. The van der Waals surface area contributed by atoms with E-state index in [2.05, 4.69) is 39.1 Å². The Labute approximate surface area is 92.5 Å². The largest absolute Gasteiger partial charge is 0.338 e. The van der Waals surface area contributed by atoms with E-state index in [0.717, 1.165) is 19.5 Å². The van der Waals surface area contributed by atoms with Crippen molar-refractivity contribution in [3.8, 4) is 0 Å². The third kappa shape index (κ3) is 4.47. The standard InChI is InChI=1S/C12H22N2O/c1-10-5-7-14(8-6-10)11(15)9-13-12(2,3)4/h5,13H,6-9H2,1-4H3. The lowest BCUT2D eigenvalue weighted by Crippen LogP contribution is -2.45. The molecule has 15 heavy (non-hydrogen) atoms. The van der Waals surface area contributed by atoms with E-state index in [0.29, 0.717) is 6.54 Å². The minimum absolute atomic E-state index is 0.0111. The van der Waals surface area contributed by atoms with Gasteiger partial charge in [0.1, 0.15) is 0 Å². The smallest absolute Gasteiger partial charge is 0.236 e. The summed E-state index contributed by atoms with van der Waals surface area (Å²) in [7, 11) is 0. The number of carbonyl (C=O) groups excluding carboxylic acids is 1. The normalized spacial score (nSPS) is 17.6. The van der Waals surface area contributed by atoms with Crippen LogP contribution in [0.4, 0.5) is 0 Å². The Balaban J connectivity index is 2.36. The zero-order valence-electron chi connectivity index (χ0n) is 10.3. The highest BCUT2D eigenvalue weighted by atomic mass is 16.2. The average molecular weight is 210 g/mol. The maximum Gasteiger partial charge on any atom is 0.236 e. The summed E-state index contributed by atoms with van der Waals surface area (Å²) < 4.78 is 0. The van der Waals surface area contributed by atoms with Gasteiger partial charge in [-0.1, -0.05) is 11.6 Å². The van der Waals surface area contributed by atoms with Crippen molar-refractivity contribution in [1.29, 1.82) is 0 Å². The van der Waals surface area contributed by atoms with Crippen molar-refractivity contribution in [1.82, 2.24) is 10.2 Å². The number of hydrogen-bond acceptors (Lipinski definition) is 2. The Morgan fingerprint density at radius 3 is 2.67 bits per heavy atom. The molecule has 1 N–H and O–H groups in total. The van der Waals surface area contributed by atoms with Crippen LogP contribution in [-0.2, 0) is 4.79 Å². The molecule has 0 spiro atoms. The van der Waals surface area contributed by atoms with Crippen LogP contribution in [-0.4, -0.2) is 36.0 Å². The minimum atomic E-state index is 0.0111. The molecule has 0 saturated heterocycles. The fourth-order valence-corrected chi connectivity index (χ4v) is 1.45. The first kappa shape index (κ1) is 12.2. The van der Waals surface area contributed by atoms with E-state index in [4.69, 9.17) is 0 Å². The van der Waals surface area contributed by atoms with Crippen LogP contribution in [0.5, 0.6) is 0 Å². The summed E-state index contributed by atoms with van der Waals surface area (Å²) in [6, 6.07) is 0. The number of amides is 1. The number of nitrogens with zero attached hydrogens (tertiary/aromatic N) is 1. The van der Waals surface area contributed by atoms with E-state index < -0.39 is 0 Å². The summed E-state index contributed by atoms with van der Waals surface area (Å²) in [4.78, 5) is 13.7. The highest BCUT2D eigenvalue weighted by Crippen LogP contribution is 2.09. The van der Waals surface area contributed by atoms with Gasteiger partial charge in [-0.25, -0.2) is 0 Å². The molecule has 0 unspecified atom stereocenters. The lowest BCUT2D eigenvalue weighted by molar-refractivity contribution is -0.130. The Kier molecular flexibility index (Phi) is 3.91. The first-order valence-corrected chi connectivity index (χ1v) is 5.57. The topological polar surface area (TPSA) is 32.3 Å². The van der Waals surface area contributed by atoms with Crippen molar-refractivity contribution < 1.29 is 4.79 Å². The molecule has 3 nitrogen and oxygen atoms in total. The van der Waals surface area contributed by atoms with Crippen LogP contribution in [0.1, 0.15) is 34.1 Å². The van der Waals surface area contributed by atoms with E-state index in [-0.39, 0.29) is 11.4 Å². The molecule has 86 valence electrons. The van der Waals surface area contributed by atoms with E-state index in [9.17, 15) is 4.79 Å². The summed E-state index contributed by atoms with van der Waals surface area (Å²) in [6.45, 7) is 10.4. The van der Waals surface area contributed by atoms with Crippen LogP contribution >= 0.6 is 0 Å². The van der Waals surface area contributed by atoms with Crippen LogP contribution in [0.15, 0.2) is 11.6 Å². The number of hydrogen-bond donors (Lipinski definition) is 1. The van der Waals surface area contributed by atoms with Crippen molar-refractivity contribution in [2.75, 3.05) is 19.6 Å². The molecule has 1 heterocycles. The average Bonchev–Trinajstić information content (AvgIpc) is 2.14. The summed E-state index contributed by atoms with van der Waals surface area (Å²) in [6.07, 6.45) is 3.15. The molecular formula is C12H22N2O. The van der Waals surface area contributed by atoms with Gasteiger partial charge in [0.05, 0.1) is 6.54 Å². The van der Waals surface area contributed by atoms with Gasteiger partial charge in [0.15, 0.2) is 0 Å². The number of carbonyl (C=O) groups is 1. The molecule has 0 aliphatic carbocycles. The van der Waals surface area contributed by atoms with Crippen LogP contribution < -0.4 is 5.32 Å². The maximum absolute atomic E-state index is 11.8. The molecule has 1 amide bonds. The molecule has 0 fully saturated rings. The predicted molar refractivity (Wildman–Crippen MR) is 62.7 cm³/mol. The van der Waals surface area contributed by atoms with Crippen LogP contribution in [0.25, 0.3) is 0 Å². The van der Waals surface area contributed by atoms with E-state index in [1.807, 2.05) is 4.90 Å². The van der Waals surface area contributed by atoms with E-state index >= 15 is 0 Å². The zero-order valence-corrected chi connectivity index (χ0v) is 10.3. The van der Waals surface area contributed by atoms with Crippen molar-refractivity contribution in [2.24, 2.45) is 0 Å². The van der Waals surface area contributed by atoms with Gasteiger partial charge < -0.3 is 10.2 Å².